The molecule has 2 amide bonds. The molecule has 0 aliphatic carbocycles. The maximum absolute atomic E-state index is 12.7. The van der Waals surface area contributed by atoms with Gasteiger partial charge in [0.05, 0.1) is 0 Å². The van der Waals surface area contributed by atoms with E-state index in [-0.39, 0.29) is 25.2 Å². The second kappa shape index (κ2) is 23.4. The van der Waals surface area contributed by atoms with Gasteiger partial charge in [0.15, 0.2) is 12.4 Å². The Morgan fingerprint density at radius 1 is 0.632 bits per heavy atom. The summed E-state index contributed by atoms with van der Waals surface area (Å²) >= 11 is 0. The summed E-state index contributed by atoms with van der Waals surface area (Å²) in [7, 11) is 0. The molecule has 57 heavy (non-hydrogen) atoms. The lowest BCUT2D eigenvalue weighted by Crippen LogP contribution is -2.45. The number of hydrogen-bond acceptors (Lipinski definition) is 10. The molecule has 13 nitrogen and oxygen atoms in total. The van der Waals surface area contributed by atoms with Crippen molar-refractivity contribution < 1.29 is 52.8 Å². The van der Waals surface area contributed by atoms with Crippen molar-refractivity contribution in [3.8, 4) is 35.2 Å². The van der Waals surface area contributed by atoms with Gasteiger partial charge in [-0.15, -0.1) is 11.8 Å². The molecule has 3 rings (SSSR count). The highest BCUT2D eigenvalue weighted by Crippen LogP contribution is 2.16. The van der Waals surface area contributed by atoms with Crippen LogP contribution in [0.2, 0.25) is 0 Å². The van der Waals surface area contributed by atoms with E-state index in [9.17, 15) is 29.1 Å². The summed E-state index contributed by atoms with van der Waals surface area (Å²) in [6.07, 6.45) is -1.22. The van der Waals surface area contributed by atoms with Crippen LogP contribution in [0.25, 0.3) is 0 Å². The van der Waals surface area contributed by atoms with E-state index in [1.165, 1.54) is 0 Å². The van der Waals surface area contributed by atoms with Crippen LogP contribution in [-0.4, -0.2) is 78.1 Å². The number of rotatable bonds is 15. The molecular weight excluding hydrogens is 732 g/mol. The third-order valence-electron chi connectivity index (χ3n) is 7.11. The SMILES string of the molecule is CC#CCOc1ccc(C[C@H](NC(=O)OC(C)(C)C)C(=O)O)cc1.CC#CCOc1ccc(C[C@H](NC(=O)OC(C)(C)C)C(=O)OCC(=O)c2ccccc2)cc1. The molecule has 0 spiro atoms. The van der Waals surface area contributed by atoms with Crippen molar-refractivity contribution in [3.63, 3.8) is 0 Å². The van der Waals surface area contributed by atoms with E-state index >= 15 is 0 Å². The van der Waals surface area contributed by atoms with Crippen molar-refractivity contribution in [1.29, 1.82) is 0 Å². The van der Waals surface area contributed by atoms with E-state index in [2.05, 4.69) is 34.3 Å². The lowest BCUT2D eigenvalue weighted by Gasteiger charge is -2.23. The molecule has 0 saturated heterocycles. The van der Waals surface area contributed by atoms with Gasteiger partial charge in [-0.2, -0.15) is 0 Å². The van der Waals surface area contributed by atoms with Gasteiger partial charge in [0.2, 0.25) is 0 Å². The highest BCUT2D eigenvalue weighted by Gasteiger charge is 2.27. The number of alkyl carbamates (subject to hydrolysis) is 2. The molecule has 0 aromatic heterocycles. The number of Topliss-reactive ketones (excluding diaryl/α,β-unsaturated/α-hetero) is 1. The van der Waals surface area contributed by atoms with E-state index in [1.54, 1.807) is 134 Å². The topological polar surface area (TPSA) is 176 Å². The maximum Gasteiger partial charge on any atom is 0.408 e. The summed E-state index contributed by atoms with van der Waals surface area (Å²) in [4.78, 5) is 60.4. The molecule has 304 valence electrons. The highest BCUT2D eigenvalue weighted by molar-refractivity contribution is 5.98. The zero-order chi connectivity index (χ0) is 42.4. The number of benzene rings is 3. The summed E-state index contributed by atoms with van der Waals surface area (Å²) < 4.78 is 26.4. The standard InChI is InChI=1S/C26H29NO6.C18H23NO5/c1-5-6-16-31-21-14-12-19(13-15-21)17-22(27-25(30)33-26(2,3)4)24(29)32-18-23(28)20-10-8-7-9-11-20;1-5-6-11-23-14-9-7-13(8-10-14)12-15(16(20)21)19-17(22)24-18(2,3)4/h7-15,22H,16-18H2,1-4H3,(H,27,30);7-10,15H,11-12H2,1-4H3,(H,19,22)(H,20,21)/t22-;15-/m00/s1. The van der Waals surface area contributed by atoms with Gasteiger partial charge in [0.25, 0.3) is 0 Å². The first-order valence-electron chi connectivity index (χ1n) is 18.1. The van der Waals surface area contributed by atoms with Crippen molar-refractivity contribution >= 4 is 29.9 Å². The fourth-order valence-electron chi connectivity index (χ4n) is 4.54. The summed E-state index contributed by atoms with van der Waals surface area (Å²) in [5.74, 6) is 10.2. The third kappa shape index (κ3) is 20.1. The molecule has 3 aromatic rings. The Kier molecular flexibility index (Phi) is 19.2. The number of nitrogens with one attached hydrogen (secondary N) is 2. The number of ether oxygens (including phenoxy) is 5. The number of ketones is 1. The van der Waals surface area contributed by atoms with Crippen LogP contribution in [0, 0.1) is 23.7 Å². The largest absolute Gasteiger partial charge is 0.481 e. The summed E-state index contributed by atoms with van der Waals surface area (Å²) in [5, 5.41) is 14.2. The lowest BCUT2D eigenvalue weighted by atomic mass is 10.1. The molecular formula is C44H52N2O11. The zero-order valence-electron chi connectivity index (χ0n) is 33.7. The fourth-order valence-corrected chi connectivity index (χ4v) is 4.54. The van der Waals surface area contributed by atoms with Crippen LogP contribution in [0.15, 0.2) is 78.9 Å². The van der Waals surface area contributed by atoms with Crippen molar-refractivity contribution in [3.05, 3.63) is 95.6 Å². The van der Waals surface area contributed by atoms with E-state index < -0.39 is 54.0 Å². The number of carboxylic acid groups (broad SMARTS) is 1. The van der Waals surface area contributed by atoms with Crippen LogP contribution >= 0.6 is 0 Å². The van der Waals surface area contributed by atoms with Crippen LogP contribution < -0.4 is 20.1 Å². The molecule has 0 saturated carbocycles. The fraction of sp³-hybridized carbons (Fsp3) is 0.386. The van der Waals surface area contributed by atoms with Crippen molar-refractivity contribution in [1.82, 2.24) is 10.6 Å². The van der Waals surface area contributed by atoms with Crippen LogP contribution in [-0.2, 0) is 36.6 Å². The second-order valence-corrected chi connectivity index (χ2v) is 14.3. The lowest BCUT2D eigenvalue weighted by molar-refractivity contribution is -0.145. The molecule has 0 unspecified atom stereocenters. The highest BCUT2D eigenvalue weighted by atomic mass is 16.6. The smallest absolute Gasteiger partial charge is 0.408 e. The average molecular weight is 785 g/mol. The molecule has 0 heterocycles. The number of esters is 1. The molecule has 0 radical (unpaired) electrons. The second-order valence-electron chi connectivity index (χ2n) is 14.3. The predicted molar refractivity (Wildman–Crippen MR) is 214 cm³/mol. The minimum atomic E-state index is -1.13. The van der Waals surface area contributed by atoms with E-state index in [1.807, 2.05) is 0 Å². The van der Waals surface area contributed by atoms with Crippen LogP contribution in [0.3, 0.4) is 0 Å². The van der Waals surface area contributed by atoms with Crippen LogP contribution in [0.1, 0.15) is 76.9 Å². The molecule has 0 aliphatic heterocycles. The zero-order valence-corrected chi connectivity index (χ0v) is 33.7. The van der Waals surface area contributed by atoms with Gasteiger partial charge < -0.3 is 39.4 Å². The van der Waals surface area contributed by atoms with Crippen molar-refractivity contribution in [2.75, 3.05) is 19.8 Å². The predicted octanol–water partition coefficient (Wildman–Crippen LogP) is 6.56. The Bertz CT molecular complexity index is 1890. The molecule has 0 aliphatic rings. The Hall–Kier alpha value is -6.47. The molecule has 3 N–H and O–H groups in total. The Balaban J connectivity index is 0.000000414. The Morgan fingerprint density at radius 2 is 1.05 bits per heavy atom. The third-order valence-corrected chi connectivity index (χ3v) is 7.11. The Labute approximate surface area is 334 Å². The van der Waals surface area contributed by atoms with Crippen LogP contribution in [0.4, 0.5) is 9.59 Å². The molecule has 2 atom stereocenters. The quantitative estimate of drug-likeness (QED) is 0.0659. The van der Waals surface area contributed by atoms with Gasteiger partial charge >= 0.3 is 24.1 Å². The number of hydrogen-bond donors (Lipinski definition) is 3. The van der Waals surface area contributed by atoms with Gasteiger partial charge in [0, 0.05) is 18.4 Å². The number of amides is 2. The summed E-state index contributed by atoms with van der Waals surface area (Å²) in [6, 6.07) is 20.4. The van der Waals surface area contributed by atoms with E-state index in [0.717, 1.165) is 11.1 Å². The summed E-state index contributed by atoms with van der Waals surface area (Å²) in [6.45, 7) is 13.9. The maximum atomic E-state index is 12.7. The first-order valence-corrected chi connectivity index (χ1v) is 18.1. The van der Waals surface area contributed by atoms with Gasteiger partial charge in [-0.3, -0.25) is 4.79 Å². The van der Waals surface area contributed by atoms with Crippen molar-refractivity contribution in [2.45, 2.75) is 91.5 Å². The van der Waals surface area contributed by atoms with Gasteiger partial charge in [-0.1, -0.05) is 66.4 Å². The summed E-state index contributed by atoms with van der Waals surface area (Å²) in [5.41, 5.74) is 0.532. The van der Waals surface area contributed by atoms with Crippen molar-refractivity contribution in [2.24, 2.45) is 0 Å². The van der Waals surface area contributed by atoms with E-state index in [4.69, 9.17) is 23.7 Å². The number of carbonyl (C=O) groups excluding carboxylic acids is 4. The minimum Gasteiger partial charge on any atom is -0.481 e. The molecule has 3 aromatic carbocycles. The number of carbonyl (C=O) groups is 5. The van der Waals surface area contributed by atoms with Gasteiger partial charge in [-0.25, -0.2) is 19.2 Å². The first-order chi connectivity index (χ1) is 26.9. The number of carboxylic acids is 1. The number of aliphatic carboxylic acids is 1. The monoisotopic (exact) mass is 784 g/mol. The Morgan fingerprint density at radius 3 is 1.46 bits per heavy atom. The van der Waals surface area contributed by atoms with E-state index in [0.29, 0.717) is 23.7 Å². The minimum absolute atomic E-state index is 0.142. The molecule has 0 bridgehead atoms. The van der Waals surface area contributed by atoms with Gasteiger partial charge in [-0.05, 0) is 90.8 Å². The van der Waals surface area contributed by atoms with Gasteiger partial charge in [0.1, 0.15) is 48.0 Å². The first kappa shape index (κ1) is 46.7. The average Bonchev–Trinajstić information content (AvgIpc) is 3.14. The molecule has 0 fully saturated rings. The van der Waals surface area contributed by atoms with Crippen LogP contribution in [0.5, 0.6) is 11.5 Å². The molecule has 13 heteroatoms. The normalized spacial score (nSPS) is 11.5.